The van der Waals surface area contributed by atoms with Crippen LogP contribution in [-0.2, 0) is 14.3 Å². The molecule has 1 unspecified atom stereocenters. The van der Waals surface area contributed by atoms with Gasteiger partial charge in [-0.15, -0.1) is 0 Å². The van der Waals surface area contributed by atoms with Gasteiger partial charge in [0.25, 0.3) is 0 Å². The molecule has 10 nitrogen and oxygen atoms in total. The van der Waals surface area contributed by atoms with Gasteiger partial charge in [0.1, 0.15) is 17.2 Å². The van der Waals surface area contributed by atoms with Crippen molar-refractivity contribution >= 4 is 12.1 Å². The molecule has 10 heteroatoms. The molecule has 1 atom stereocenters. The summed E-state index contributed by atoms with van der Waals surface area (Å²) in [6.45, 7) is 6.40. The van der Waals surface area contributed by atoms with Crippen LogP contribution < -0.4 is 9.85 Å². The summed E-state index contributed by atoms with van der Waals surface area (Å²) in [5, 5.41) is 11.9. The lowest BCUT2D eigenvalue weighted by Crippen LogP contribution is -2.44. The summed E-state index contributed by atoms with van der Waals surface area (Å²) < 4.78 is 14.9. The molecule has 0 saturated carbocycles. The Morgan fingerprint density at radius 2 is 2.04 bits per heavy atom. The van der Waals surface area contributed by atoms with Crippen LogP contribution in [0.3, 0.4) is 0 Å². The maximum atomic E-state index is 11.3. The molecule has 0 aliphatic carbocycles. The van der Waals surface area contributed by atoms with Gasteiger partial charge in [-0.2, -0.15) is 4.63 Å². The maximum Gasteiger partial charge on any atom is 0.508 e. The van der Waals surface area contributed by atoms with Crippen molar-refractivity contribution in [2.24, 2.45) is 5.92 Å². The number of rotatable bonds is 6. The van der Waals surface area contributed by atoms with Crippen molar-refractivity contribution in [1.29, 1.82) is 0 Å². The van der Waals surface area contributed by atoms with Gasteiger partial charge >= 0.3 is 12.1 Å². The Morgan fingerprint density at radius 3 is 2.70 bits per heavy atom. The summed E-state index contributed by atoms with van der Waals surface area (Å²) in [5.41, 5.74) is -0.604. The second-order valence-electron chi connectivity index (χ2n) is 6.31. The minimum absolute atomic E-state index is 0.0143. The van der Waals surface area contributed by atoms with Crippen LogP contribution in [0.1, 0.15) is 33.6 Å². The van der Waals surface area contributed by atoms with Gasteiger partial charge in [-0.05, 0) is 33.6 Å². The Morgan fingerprint density at radius 1 is 1.30 bits per heavy atom. The minimum atomic E-state index is -0.810. The largest absolute Gasteiger partial charge is 0.508 e. The average molecular weight is 333 g/mol. The van der Waals surface area contributed by atoms with E-state index in [-0.39, 0.29) is 13.2 Å². The van der Waals surface area contributed by atoms with Gasteiger partial charge in [0.15, 0.2) is 6.61 Å². The molecule has 2 heterocycles. The molecule has 0 bridgehead atoms. The topological polar surface area (TPSA) is 108 Å². The van der Waals surface area contributed by atoms with E-state index in [1.807, 2.05) is 0 Å². The average Bonchev–Trinajstić information content (AvgIpc) is 3.21. The molecule has 23 heavy (non-hydrogen) atoms. The molecule has 1 fully saturated rings. The van der Waals surface area contributed by atoms with E-state index in [0.717, 1.165) is 11.4 Å². The van der Waals surface area contributed by atoms with Crippen molar-refractivity contribution < 1.29 is 33.6 Å². The molecule has 1 aromatic heterocycles. The molecule has 1 aromatic rings. The number of carboxylic acid groups (broad SMARTS) is 1. The highest BCUT2D eigenvalue weighted by molar-refractivity contribution is 5.70. The van der Waals surface area contributed by atoms with Gasteiger partial charge < -0.3 is 19.4 Å². The second kappa shape index (κ2) is 6.88. The second-order valence-corrected chi connectivity index (χ2v) is 6.31. The summed E-state index contributed by atoms with van der Waals surface area (Å²) in [7, 11) is 0. The molecule has 0 radical (unpaired) electrons. The third kappa shape index (κ3) is 5.46. The van der Waals surface area contributed by atoms with Crippen LogP contribution in [0.2, 0.25) is 0 Å². The predicted octanol–water partition coefficient (Wildman–Crippen LogP) is 0.696. The van der Waals surface area contributed by atoms with Crippen molar-refractivity contribution in [2.45, 2.75) is 39.2 Å². The third-order valence-electron chi connectivity index (χ3n) is 3.14. The van der Waals surface area contributed by atoms with Crippen molar-refractivity contribution in [3.05, 3.63) is 0 Å². The molecule has 1 N–H and O–H groups in total. The van der Waals surface area contributed by atoms with Crippen molar-refractivity contribution in [2.75, 3.05) is 31.3 Å². The summed E-state index contributed by atoms with van der Waals surface area (Å²) in [6.07, 6.45) is 0.668. The van der Waals surface area contributed by atoms with Crippen LogP contribution in [-0.4, -0.2) is 59.1 Å². The first-order chi connectivity index (χ1) is 10.8. The lowest BCUT2D eigenvalue weighted by molar-refractivity contribution is -0.142. The number of ether oxygens (including phenoxy) is 2. The normalized spacial score (nSPS) is 18.7. The lowest BCUT2D eigenvalue weighted by Gasteiger charge is -2.26. The summed E-state index contributed by atoms with van der Waals surface area (Å²) in [5.74, 6) is -1.22. The Bertz CT molecular complexity index is 525. The van der Waals surface area contributed by atoms with Gasteiger partial charge in [0, 0.05) is 11.5 Å². The quantitative estimate of drug-likeness (QED) is 0.598. The Hall–Kier alpha value is -2.26. The number of hydrogen-bond acceptors (Lipinski definition) is 7. The van der Waals surface area contributed by atoms with Crippen molar-refractivity contribution in [1.82, 2.24) is 9.98 Å². The molecule has 0 spiro atoms. The van der Waals surface area contributed by atoms with E-state index in [0.29, 0.717) is 19.5 Å². The summed E-state index contributed by atoms with van der Waals surface area (Å²) >= 11 is 0. The number of piperidine rings is 1. The van der Waals surface area contributed by atoms with E-state index in [1.165, 1.54) is 4.96 Å². The summed E-state index contributed by atoms with van der Waals surface area (Å²) in [4.78, 5) is 28.9. The van der Waals surface area contributed by atoms with Crippen LogP contribution >= 0.6 is 0 Å². The molecule has 0 amide bonds. The first-order valence-electron chi connectivity index (χ1n) is 7.51. The van der Waals surface area contributed by atoms with E-state index in [1.54, 1.807) is 25.8 Å². The summed E-state index contributed by atoms with van der Waals surface area (Å²) in [6, 6.07) is 0. The van der Waals surface area contributed by atoms with Gasteiger partial charge in [0.05, 0.1) is 12.5 Å². The minimum Gasteiger partial charge on any atom is -0.481 e. The molecular formula is C13H23N3O7. The van der Waals surface area contributed by atoms with Gasteiger partial charge in [-0.3, -0.25) is 9.80 Å². The lowest BCUT2D eigenvalue weighted by atomic mass is 10.00. The van der Waals surface area contributed by atoms with Gasteiger partial charge in [-0.1, -0.05) is 0 Å². The van der Waals surface area contributed by atoms with E-state index in [2.05, 4.69) is 0 Å². The standard InChI is InChI=1S/C13H23N3O7/c1-13(2,3)22-12(19)20-7-8-21-16-15(23-16)14-6-4-5-10(9-14)11(17)18/h10H,4-9H2,1-3H3,(H,17,18). The Balaban J connectivity index is 1.64. The number of hydrogen-bond donors (Lipinski definition) is 1. The Kier molecular flexibility index (Phi) is 5.12. The van der Waals surface area contributed by atoms with Crippen LogP contribution in [0.5, 0.6) is 0 Å². The third-order valence-corrected chi connectivity index (χ3v) is 3.14. The molecule has 2 rings (SSSR count). The fourth-order valence-electron chi connectivity index (χ4n) is 2.11. The highest BCUT2D eigenvalue weighted by Gasteiger charge is 2.30. The van der Waals surface area contributed by atoms with Crippen LogP contribution in [0.15, 0.2) is 4.63 Å². The van der Waals surface area contributed by atoms with E-state index >= 15 is 0 Å². The Labute approximate surface area is 133 Å². The van der Waals surface area contributed by atoms with Gasteiger partial charge in [-0.25, -0.2) is 4.79 Å². The first kappa shape index (κ1) is 17.1. The van der Waals surface area contributed by atoms with E-state index < -0.39 is 23.6 Å². The number of carbonyl (C=O) groups excluding carboxylic acids is 1. The molecule has 0 aromatic carbocycles. The predicted molar refractivity (Wildman–Crippen MR) is 76.6 cm³/mol. The van der Waals surface area contributed by atoms with Crippen molar-refractivity contribution in [3.63, 3.8) is 0 Å². The number of carboxylic acids is 1. The zero-order valence-corrected chi connectivity index (χ0v) is 13.6. The fraction of sp³-hybridized carbons (Fsp3) is 0.846. The smallest absolute Gasteiger partial charge is 0.481 e. The van der Waals surface area contributed by atoms with Crippen LogP contribution in [0.4, 0.5) is 4.79 Å². The molecular weight excluding hydrogens is 310 g/mol. The van der Waals surface area contributed by atoms with E-state index in [4.69, 9.17) is 24.0 Å². The SMILES string of the molecule is CC(C)(C)OC(=O)OCCOn1on1N1CCCC(C(=O)O)C1. The number of aliphatic carboxylic acids is 1. The van der Waals surface area contributed by atoms with Crippen molar-refractivity contribution in [3.8, 4) is 0 Å². The van der Waals surface area contributed by atoms with E-state index in [9.17, 15) is 9.59 Å². The van der Waals surface area contributed by atoms with Gasteiger partial charge in [0.2, 0.25) is 0 Å². The monoisotopic (exact) mass is 333 g/mol. The number of aromatic nitrogens is 2. The first-order valence-corrected chi connectivity index (χ1v) is 7.51. The number of nitrogens with zero attached hydrogens (tertiary/aromatic N) is 3. The molecule has 1 saturated heterocycles. The highest BCUT2D eigenvalue weighted by atomic mass is 17.0. The van der Waals surface area contributed by atoms with Crippen LogP contribution in [0.25, 0.3) is 0 Å². The maximum absolute atomic E-state index is 11.3. The zero-order chi connectivity index (χ0) is 17.0. The molecule has 1 aliphatic rings. The number of carbonyl (C=O) groups is 2. The fourth-order valence-corrected chi connectivity index (χ4v) is 2.11. The highest BCUT2D eigenvalue weighted by Crippen LogP contribution is 2.16. The molecule has 1 aliphatic heterocycles. The van der Waals surface area contributed by atoms with Crippen LogP contribution in [0, 0.1) is 5.92 Å². The molecule has 132 valence electrons. The zero-order valence-electron chi connectivity index (χ0n) is 13.6.